The maximum Gasteiger partial charge on any atom is 0.319 e. The minimum absolute atomic E-state index is 0.0202. The monoisotopic (exact) mass is 304 g/mol. The van der Waals surface area contributed by atoms with E-state index in [1.54, 1.807) is 18.4 Å². The van der Waals surface area contributed by atoms with Gasteiger partial charge < -0.3 is 15.4 Å². The average Bonchev–Trinajstić information content (AvgIpc) is 2.78. The number of carbonyl (C=O) groups excluding carboxylic acids is 1. The molecule has 4 nitrogen and oxygen atoms in total. The van der Waals surface area contributed by atoms with Gasteiger partial charge in [-0.25, -0.2) is 4.79 Å². The summed E-state index contributed by atoms with van der Waals surface area (Å²) in [6.07, 6.45) is 0. The van der Waals surface area contributed by atoms with Gasteiger partial charge in [-0.3, -0.25) is 0 Å². The van der Waals surface area contributed by atoms with Crippen LogP contribution in [0.15, 0.2) is 30.3 Å². The number of amides is 2. The van der Waals surface area contributed by atoms with Crippen molar-refractivity contribution in [3.63, 3.8) is 0 Å². The van der Waals surface area contributed by atoms with Gasteiger partial charge in [-0.15, -0.1) is 11.3 Å². The van der Waals surface area contributed by atoms with E-state index >= 15 is 0 Å². The molecule has 2 N–H and O–H groups in total. The molecule has 0 bridgehead atoms. The number of ether oxygens (including phenoxy) is 1. The van der Waals surface area contributed by atoms with E-state index in [9.17, 15) is 4.79 Å². The Hall–Kier alpha value is -2.01. The number of anilines is 1. The van der Waals surface area contributed by atoms with E-state index in [4.69, 9.17) is 4.74 Å². The smallest absolute Gasteiger partial charge is 0.319 e. The Kier molecular flexibility index (Phi) is 4.85. The average molecular weight is 304 g/mol. The number of hydrogen-bond donors (Lipinski definition) is 2. The number of aryl methyl sites for hydroxylation is 2. The maximum atomic E-state index is 12.0. The lowest BCUT2D eigenvalue weighted by Crippen LogP contribution is -2.31. The van der Waals surface area contributed by atoms with Gasteiger partial charge in [0, 0.05) is 15.4 Å². The van der Waals surface area contributed by atoms with E-state index < -0.39 is 0 Å². The van der Waals surface area contributed by atoms with Crippen LogP contribution in [0.4, 0.5) is 10.5 Å². The summed E-state index contributed by atoms with van der Waals surface area (Å²) in [6.45, 7) is 6.14. The van der Waals surface area contributed by atoms with Crippen molar-refractivity contribution in [2.24, 2.45) is 0 Å². The first-order chi connectivity index (χ1) is 9.99. The maximum absolute atomic E-state index is 12.0. The number of hydrogen-bond acceptors (Lipinski definition) is 3. The standard InChI is InChI=1S/C16H20N2O2S/c1-10-9-15(12(3)21-10)11(2)17-16(19)18-13-5-7-14(20-4)8-6-13/h5-9,11H,1-4H3,(H2,17,18,19)/t11-/m0/s1. The molecule has 1 aromatic carbocycles. The Balaban J connectivity index is 1.96. The molecule has 0 aliphatic rings. The molecule has 0 saturated carbocycles. The van der Waals surface area contributed by atoms with Crippen molar-refractivity contribution in [2.75, 3.05) is 12.4 Å². The van der Waals surface area contributed by atoms with Crippen LogP contribution in [0, 0.1) is 13.8 Å². The molecule has 2 aromatic rings. The van der Waals surface area contributed by atoms with Gasteiger partial charge in [0.1, 0.15) is 5.75 Å². The molecule has 1 heterocycles. The largest absolute Gasteiger partial charge is 0.497 e. The summed E-state index contributed by atoms with van der Waals surface area (Å²) in [4.78, 5) is 14.5. The van der Waals surface area contributed by atoms with Crippen LogP contribution in [0.1, 0.15) is 28.3 Å². The fourth-order valence-electron chi connectivity index (χ4n) is 2.20. The molecule has 0 radical (unpaired) electrons. The second-order valence-corrected chi connectivity index (χ2v) is 6.38. The highest BCUT2D eigenvalue weighted by Gasteiger charge is 2.13. The number of methoxy groups -OCH3 is 1. The molecule has 2 amide bonds. The first kappa shape index (κ1) is 15.4. The van der Waals surface area contributed by atoms with Crippen molar-refractivity contribution in [3.05, 3.63) is 45.6 Å². The third-order valence-electron chi connectivity index (χ3n) is 3.24. The number of urea groups is 1. The Morgan fingerprint density at radius 2 is 1.90 bits per heavy atom. The van der Waals surface area contributed by atoms with Crippen molar-refractivity contribution in [1.29, 1.82) is 0 Å². The molecule has 0 saturated heterocycles. The molecule has 0 unspecified atom stereocenters. The predicted octanol–water partition coefficient (Wildman–Crippen LogP) is 4.26. The highest BCUT2D eigenvalue weighted by atomic mass is 32.1. The van der Waals surface area contributed by atoms with Crippen molar-refractivity contribution in [3.8, 4) is 5.75 Å². The summed E-state index contributed by atoms with van der Waals surface area (Å²) in [5.41, 5.74) is 1.90. The van der Waals surface area contributed by atoms with E-state index in [-0.39, 0.29) is 12.1 Å². The number of thiophene rings is 1. The second kappa shape index (κ2) is 6.63. The van der Waals surface area contributed by atoms with Crippen LogP contribution in [-0.4, -0.2) is 13.1 Å². The normalized spacial score (nSPS) is 11.8. The fourth-order valence-corrected chi connectivity index (χ4v) is 3.22. The van der Waals surface area contributed by atoms with Gasteiger partial charge in [-0.05, 0) is 56.7 Å². The highest BCUT2D eigenvalue weighted by Crippen LogP contribution is 2.26. The van der Waals surface area contributed by atoms with Crippen molar-refractivity contribution in [1.82, 2.24) is 5.32 Å². The third-order valence-corrected chi connectivity index (χ3v) is 4.22. The molecule has 21 heavy (non-hydrogen) atoms. The molecule has 2 rings (SSSR count). The van der Waals surface area contributed by atoms with Crippen LogP contribution in [0.2, 0.25) is 0 Å². The van der Waals surface area contributed by atoms with Gasteiger partial charge in [0.05, 0.1) is 13.2 Å². The number of benzene rings is 1. The highest BCUT2D eigenvalue weighted by molar-refractivity contribution is 7.12. The van der Waals surface area contributed by atoms with E-state index in [2.05, 4.69) is 30.5 Å². The minimum atomic E-state index is -0.212. The Morgan fingerprint density at radius 3 is 2.43 bits per heavy atom. The van der Waals surface area contributed by atoms with Crippen LogP contribution < -0.4 is 15.4 Å². The van der Waals surface area contributed by atoms with Crippen molar-refractivity contribution < 1.29 is 9.53 Å². The Bertz CT molecular complexity index is 620. The van der Waals surface area contributed by atoms with Gasteiger partial charge in [0.15, 0.2) is 0 Å². The predicted molar refractivity (Wildman–Crippen MR) is 87.4 cm³/mol. The summed E-state index contributed by atoms with van der Waals surface area (Å²) >= 11 is 1.75. The second-order valence-electron chi connectivity index (χ2n) is 4.92. The molecule has 0 aliphatic carbocycles. The van der Waals surface area contributed by atoms with Gasteiger partial charge >= 0.3 is 6.03 Å². The SMILES string of the molecule is COc1ccc(NC(=O)N[C@@H](C)c2cc(C)sc2C)cc1. The zero-order valence-corrected chi connectivity index (χ0v) is 13.5. The third kappa shape index (κ3) is 3.98. The Morgan fingerprint density at radius 1 is 1.24 bits per heavy atom. The first-order valence-corrected chi connectivity index (χ1v) is 7.59. The van der Waals surface area contributed by atoms with Gasteiger partial charge in [-0.2, -0.15) is 0 Å². The molecular formula is C16H20N2O2S. The summed E-state index contributed by atoms with van der Waals surface area (Å²) in [6, 6.07) is 9.13. The van der Waals surface area contributed by atoms with Crippen LogP contribution in [0.25, 0.3) is 0 Å². The first-order valence-electron chi connectivity index (χ1n) is 6.78. The molecule has 5 heteroatoms. The number of carbonyl (C=O) groups is 1. The van der Waals surface area contributed by atoms with E-state index in [1.807, 2.05) is 31.2 Å². The van der Waals surface area contributed by atoms with Crippen LogP contribution in [0.5, 0.6) is 5.75 Å². The molecule has 0 fully saturated rings. The molecule has 0 aliphatic heterocycles. The molecule has 112 valence electrons. The van der Waals surface area contributed by atoms with Crippen molar-refractivity contribution >= 4 is 23.1 Å². The quantitative estimate of drug-likeness (QED) is 0.887. The molecule has 1 aromatic heterocycles. The fraction of sp³-hybridized carbons (Fsp3) is 0.312. The zero-order valence-electron chi connectivity index (χ0n) is 12.7. The molecule has 1 atom stereocenters. The zero-order chi connectivity index (χ0) is 15.4. The molecular weight excluding hydrogens is 284 g/mol. The van der Waals surface area contributed by atoms with Crippen molar-refractivity contribution in [2.45, 2.75) is 26.8 Å². The topological polar surface area (TPSA) is 50.4 Å². The van der Waals surface area contributed by atoms with E-state index in [0.717, 1.165) is 11.4 Å². The van der Waals surface area contributed by atoms with Crippen LogP contribution in [-0.2, 0) is 0 Å². The number of nitrogens with one attached hydrogen (secondary N) is 2. The lowest BCUT2D eigenvalue weighted by molar-refractivity contribution is 0.249. The number of rotatable bonds is 4. The van der Waals surface area contributed by atoms with Gasteiger partial charge in [0.2, 0.25) is 0 Å². The van der Waals surface area contributed by atoms with Gasteiger partial charge in [0.25, 0.3) is 0 Å². The lowest BCUT2D eigenvalue weighted by atomic mass is 10.1. The van der Waals surface area contributed by atoms with Crippen LogP contribution >= 0.6 is 11.3 Å². The van der Waals surface area contributed by atoms with E-state index in [0.29, 0.717) is 0 Å². The summed E-state index contributed by atoms with van der Waals surface area (Å²) in [5.74, 6) is 0.763. The van der Waals surface area contributed by atoms with E-state index in [1.165, 1.54) is 15.3 Å². The van der Waals surface area contributed by atoms with Gasteiger partial charge in [-0.1, -0.05) is 0 Å². The summed E-state index contributed by atoms with van der Waals surface area (Å²) in [5, 5.41) is 5.77. The summed E-state index contributed by atoms with van der Waals surface area (Å²) in [7, 11) is 1.61. The minimum Gasteiger partial charge on any atom is -0.497 e. The summed E-state index contributed by atoms with van der Waals surface area (Å²) < 4.78 is 5.08. The Labute approximate surface area is 129 Å². The van der Waals surface area contributed by atoms with Crippen LogP contribution in [0.3, 0.4) is 0 Å². The lowest BCUT2D eigenvalue weighted by Gasteiger charge is -2.15. The molecule has 0 spiro atoms.